The summed E-state index contributed by atoms with van der Waals surface area (Å²) in [5.74, 6) is -1.31. The summed E-state index contributed by atoms with van der Waals surface area (Å²) < 4.78 is 53.6. The molecule has 0 radical (unpaired) electrons. The molecule has 0 aliphatic carbocycles. The van der Waals surface area contributed by atoms with Gasteiger partial charge in [-0.15, -0.1) is 0 Å². The number of rotatable bonds is 5. The Morgan fingerprint density at radius 2 is 1.81 bits per heavy atom. The molecule has 4 nitrogen and oxygen atoms in total. The van der Waals surface area contributed by atoms with Crippen LogP contribution in [-0.4, -0.2) is 35.5 Å². The molecule has 1 amide bonds. The topological polar surface area (TPSA) is 66.6 Å². The second-order valence-electron chi connectivity index (χ2n) is 7.57. The molecule has 0 atom stereocenters. The van der Waals surface area contributed by atoms with Gasteiger partial charge in [0.1, 0.15) is 5.82 Å². The predicted molar refractivity (Wildman–Crippen MR) is 110 cm³/mol. The van der Waals surface area contributed by atoms with E-state index in [2.05, 4.69) is 0 Å². The van der Waals surface area contributed by atoms with Crippen LogP contribution >= 0.6 is 23.2 Å². The molecule has 0 bridgehead atoms. The van der Waals surface area contributed by atoms with E-state index >= 15 is 0 Å². The highest BCUT2D eigenvalue weighted by atomic mass is 35.5. The quantitative estimate of drug-likeness (QED) is 0.607. The molecule has 1 heterocycles. The van der Waals surface area contributed by atoms with E-state index < -0.39 is 34.1 Å². The number of carbonyl (C=O) groups excluding carboxylic acids is 1. The van der Waals surface area contributed by atoms with Gasteiger partial charge in [-0.1, -0.05) is 29.3 Å². The van der Waals surface area contributed by atoms with Crippen LogP contribution in [0, 0.1) is 5.82 Å². The minimum Gasteiger partial charge on any atom is -0.385 e. The van der Waals surface area contributed by atoms with Crippen LogP contribution in [-0.2, 0) is 18.2 Å². The Hall–Kier alpha value is -1.87. The van der Waals surface area contributed by atoms with E-state index in [0.717, 1.165) is 18.2 Å². The van der Waals surface area contributed by atoms with Crippen molar-refractivity contribution in [3.63, 3.8) is 0 Å². The average Bonchev–Trinajstić information content (AvgIpc) is 2.68. The van der Waals surface area contributed by atoms with Gasteiger partial charge < -0.3 is 15.7 Å². The highest BCUT2D eigenvalue weighted by molar-refractivity contribution is 6.34. The molecule has 1 aliphatic rings. The van der Waals surface area contributed by atoms with Crippen molar-refractivity contribution in [1.82, 2.24) is 4.90 Å². The molecular formula is C21H20Cl2F4N2O2. The van der Waals surface area contributed by atoms with Gasteiger partial charge in [0.15, 0.2) is 0 Å². The Morgan fingerprint density at radius 3 is 2.39 bits per heavy atom. The van der Waals surface area contributed by atoms with Crippen LogP contribution in [0.2, 0.25) is 10.0 Å². The van der Waals surface area contributed by atoms with Crippen molar-refractivity contribution in [2.75, 3.05) is 19.6 Å². The van der Waals surface area contributed by atoms with Crippen molar-refractivity contribution >= 4 is 29.1 Å². The lowest BCUT2D eigenvalue weighted by atomic mass is 9.83. The summed E-state index contributed by atoms with van der Waals surface area (Å²) >= 11 is 11.8. The second kappa shape index (κ2) is 8.94. The van der Waals surface area contributed by atoms with Gasteiger partial charge in [-0.3, -0.25) is 4.79 Å². The first-order valence-electron chi connectivity index (χ1n) is 9.51. The SMILES string of the molecule is NC(=O)c1ccc(F)c(CCN2CCC(O)(c3ccc(Cl)c(C(F)(F)F)c3)CC2)c1Cl. The van der Waals surface area contributed by atoms with Crippen LogP contribution in [0.1, 0.15) is 39.9 Å². The summed E-state index contributed by atoms with van der Waals surface area (Å²) in [5, 5.41) is 10.5. The molecule has 3 N–H and O–H groups in total. The first-order chi connectivity index (χ1) is 14.4. The summed E-state index contributed by atoms with van der Waals surface area (Å²) in [6.07, 6.45) is -4.01. The standard InChI is InChI=1S/C21H20Cl2F4N2O2/c22-16-3-1-12(11-15(16)21(25,26)27)20(31)6-9-29(10-7-20)8-5-13-17(24)4-2-14(18(13)23)19(28)30/h1-4,11,31H,5-10H2,(H2,28,30). The number of benzene rings is 2. The minimum atomic E-state index is -4.62. The van der Waals surface area contributed by atoms with Crippen molar-refractivity contribution in [2.45, 2.75) is 31.0 Å². The number of carbonyl (C=O) groups is 1. The summed E-state index contributed by atoms with van der Waals surface area (Å²) in [6, 6.07) is 5.79. The number of nitrogens with zero attached hydrogens (tertiary/aromatic N) is 1. The van der Waals surface area contributed by atoms with Crippen molar-refractivity contribution in [3.8, 4) is 0 Å². The fourth-order valence-electron chi connectivity index (χ4n) is 3.75. The van der Waals surface area contributed by atoms with Gasteiger partial charge in [0.2, 0.25) is 5.91 Å². The Balaban J connectivity index is 1.68. The number of primary amides is 1. The molecule has 31 heavy (non-hydrogen) atoms. The van der Waals surface area contributed by atoms with E-state index in [4.69, 9.17) is 28.9 Å². The molecular weight excluding hydrogens is 459 g/mol. The predicted octanol–water partition coefficient (Wildman–Crippen LogP) is 4.78. The van der Waals surface area contributed by atoms with Crippen LogP contribution in [0.3, 0.4) is 0 Å². The molecule has 0 spiro atoms. The molecule has 10 heteroatoms. The molecule has 168 valence electrons. The Kier molecular flexibility index (Phi) is 6.86. The van der Waals surface area contributed by atoms with Crippen LogP contribution in [0.5, 0.6) is 0 Å². The lowest BCUT2D eigenvalue weighted by Gasteiger charge is -2.39. The fraction of sp³-hybridized carbons (Fsp3) is 0.381. The third-order valence-electron chi connectivity index (χ3n) is 5.62. The normalized spacial score (nSPS) is 17.0. The summed E-state index contributed by atoms with van der Waals surface area (Å²) in [7, 11) is 0. The number of piperidine rings is 1. The molecule has 0 aromatic heterocycles. The first-order valence-corrected chi connectivity index (χ1v) is 10.3. The Bertz CT molecular complexity index is 990. The van der Waals surface area contributed by atoms with Crippen molar-refractivity contribution in [1.29, 1.82) is 0 Å². The maximum atomic E-state index is 14.2. The Labute approximate surface area is 186 Å². The highest BCUT2D eigenvalue weighted by Crippen LogP contribution is 2.40. The molecule has 0 saturated carbocycles. The van der Waals surface area contributed by atoms with Gasteiger partial charge >= 0.3 is 6.18 Å². The Morgan fingerprint density at radius 1 is 1.16 bits per heavy atom. The third-order valence-corrected chi connectivity index (χ3v) is 6.38. The summed E-state index contributed by atoms with van der Waals surface area (Å²) in [4.78, 5) is 13.3. The van der Waals surface area contributed by atoms with Gasteiger partial charge in [0.25, 0.3) is 0 Å². The number of hydrogen-bond acceptors (Lipinski definition) is 3. The third kappa shape index (κ3) is 5.14. The first kappa shape index (κ1) is 23.8. The zero-order valence-corrected chi connectivity index (χ0v) is 17.8. The number of alkyl halides is 3. The lowest BCUT2D eigenvalue weighted by molar-refractivity contribution is -0.137. The number of likely N-dealkylation sites (tertiary alicyclic amines) is 1. The molecule has 2 aromatic carbocycles. The smallest absolute Gasteiger partial charge is 0.385 e. The van der Waals surface area contributed by atoms with Gasteiger partial charge in [0, 0.05) is 25.2 Å². The van der Waals surface area contributed by atoms with Crippen molar-refractivity contribution in [3.05, 3.63) is 68.4 Å². The van der Waals surface area contributed by atoms with Crippen LogP contribution in [0.25, 0.3) is 0 Å². The minimum absolute atomic E-state index is 0.0261. The monoisotopic (exact) mass is 478 g/mol. The van der Waals surface area contributed by atoms with Crippen LogP contribution in [0.4, 0.5) is 17.6 Å². The molecule has 2 aromatic rings. The van der Waals surface area contributed by atoms with Crippen molar-refractivity contribution < 1.29 is 27.5 Å². The molecule has 3 rings (SSSR count). The lowest BCUT2D eigenvalue weighted by Crippen LogP contribution is -2.43. The molecule has 1 saturated heterocycles. The maximum Gasteiger partial charge on any atom is 0.417 e. The highest BCUT2D eigenvalue weighted by Gasteiger charge is 2.38. The van der Waals surface area contributed by atoms with E-state index in [1.807, 2.05) is 4.90 Å². The van der Waals surface area contributed by atoms with E-state index in [1.54, 1.807) is 0 Å². The summed E-state index contributed by atoms with van der Waals surface area (Å²) in [6.45, 7) is 1.16. The fourth-order valence-corrected chi connectivity index (χ4v) is 4.32. The maximum absolute atomic E-state index is 14.2. The van der Waals surface area contributed by atoms with E-state index in [0.29, 0.717) is 19.6 Å². The van der Waals surface area contributed by atoms with Crippen LogP contribution < -0.4 is 5.73 Å². The van der Waals surface area contributed by atoms with Gasteiger partial charge in [0.05, 0.1) is 26.8 Å². The van der Waals surface area contributed by atoms with Gasteiger partial charge in [-0.25, -0.2) is 4.39 Å². The average molecular weight is 479 g/mol. The zero-order chi connectivity index (χ0) is 23.0. The molecule has 1 fully saturated rings. The van der Waals surface area contributed by atoms with Crippen molar-refractivity contribution in [2.24, 2.45) is 5.73 Å². The number of nitrogens with two attached hydrogens (primary N) is 1. The van der Waals surface area contributed by atoms with E-state index in [1.165, 1.54) is 12.1 Å². The number of amides is 1. The summed E-state index contributed by atoms with van der Waals surface area (Å²) in [5.41, 5.74) is 3.20. The number of halogens is 6. The van der Waals surface area contributed by atoms with E-state index in [9.17, 15) is 27.5 Å². The molecule has 0 unspecified atom stereocenters. The van der Waals surface area contributed by atoms with E-state index in [-0.39, 0.29) is 41.0 Å². The zero-order valence-electron chi connectivity index (χ0n) is 16.3. The molecule has 1 aliphatic heterocycles. The number of aliphatic hydroxyl groups is 1. The van der Waals surface area contributed by atoms with Crippen LogP contribution in [0.15, 0.2) is 30.3 Å². The van der Waals surface area contributed by atoms with Gasteiger partial charge in [-0.2, -0.15) is 13.2 Å². The second-order valence-corrected chi connectivity index (χ2v) is 8.35. The van der Waals surface area contributed by atoms with Gasteiger partial charge in [-0.05, 0) is 49.1 Å². The number of hydrogen-bond donors (Lipinski definition) is 2. The largest absolute Gasteiger partial charge is 0.417 e.